The summed E-state index contributed by atoms with van der Waals surface area (Å²) in [5, 5.41) is 20.0. The van der Waals surface area contributed by atoms with Crippen LogP contribution in [0.25, 0.3) is 0 Å². The standard InChI is InChI=1S/C12H12ClN3O3/c1-16(7-3-6-14)12(19)15-9-5-2-4-8(13)10(9)11(17)18/h2,4-5H,3,7H2,1H3,(H,15,19)(H,17,18). The molecule has 0 atom stereocenters. The van der Waals surface area contributed by atoms with Crippen LogP contribution in [0.2, 0.25) is 5.02 Å². The Morgan fingerprint density at radius 2 is 2.21 bits per heavy atom. The molecule has 0 aliphatic rings. The van der Waals surface area contributed by atoms with Crippen molar-refractivity contribution in [1.82, 2.24) is 4.90 Å². The Morgan fingerprint density at radius 3 is 2.79 bits per heavy atom. The quantitative estimate of drug-likeness (QED) is 0.886. The maximum absolute atomic E-state index is 11.8. The Morgan fingerprint density at radius 1 is 1.53 bits per heavy atom. The first-order valence-corrected chi connectivity index (χ1v) is 5.76. The van der Waals surface area contributed by atoms with Crippen LogP contribution in [0.3, 0.4) is 0 Å². The van der Waals surface area contributed by atoms with Crippen molar-refractivity contribution in [2.45, 2.75) is 6.42 Å². The van der Waals surface area contributed by atoms with Gasteiger partial charge in [-0.15, -0.1) is 0 Å². The summed E-state index contributed by atoms with van der Waals surface area (Å²) in [5.74, 6) is -1.22. The summed E-state index contributed by atoms with van der Waals surface area (Å²) < 4.78 is 0. The van der Waals surface area contributed by atoms with Crippen molar-refractivity contribution in [3.8, 4) is 6.07 Å². The van der Waals surface area contributed by atoms with E-state index in [-0.39, 0.29) is 29.2 Å². The highest BCUT2D eigenvalue weighted by molar-refractivity contribution is 6.34. The molecule has 0 aliphatic carbocycles. The molecule has 0 aliphatic heterocycles. The summed E-state index contributed by atoms with van der Waals surface area (Å²) in [6.45, 7) is 0.255. The Hall–Kier alpha value is -2.26. The fraction of sp³-hybridized carbons (Fsp3) is 0.250. The van der Waals surface area contributed by atoms with E-state index in [0.717, 1.165) is 0 Å². The molecular formula is C12H12ClN3O3. The lowest BCUT2D eigenvalue weighted by molar-refractivity contribution is 0.0698. The fourth-order valence-electron chi connectivity index (χ4n) is 1.38. The van der Waals surface area contributed by atoms with Gasteiger partial charge in [-0.1, -0.05) is 17.7 Å². The van der Waals surface area contributed by atoms with E-state index >= 15 is 0 Å². The highest BCUT2D eigenvalue weighted by atomic mass is 35.5. The van der Waals surface area contributed by atoms with Crippen LogP contribution in [0.15, 0.2) is 18.2 Å². The van der Waals surface area contributed by atoms with E-state index < -0.39 is 12.0 Å². The van der Waals surface area contributed by atoms with Gasteiger partial charge in [0.1, 0.15) is 5.56 Å². The third-order valence-corrected chi connectivity index (χ3v) is 2.69. The number of amides is 2. The van der Waals surface area contributed by atoms with Gasteiger partial charge in [0.2, 0.25) is 0 Å². The number of carboxylic acid groups (broad SMARTS) is 1. The highest BCUT2D eigenvalue weighted by Crippen LogP contribution is 2.24. The first kappa shape index (κ1) is 14.8. The molecule has 1 aromatic rings. The molecule has 0 bridgehead atoms. The maximum atomic E-state index is 11.8. The largest absolute Gasteiger partial charge is 0.478 e. The number of aromatic carboxylic acids is 1. The minimum atomic E-state index is -1.22. The molecule has 2 amide bonds. The topological polar surface area (TPSA) is 93.4 Å². The zero-order chi connectivity index (χ0) is 14.4. The van der Waals surface area contributed by atoms with E-state index in [9.17, 15) is 9.59 Å². The van der Waals surface area contributed by atoms with Crippen LogP contribution in [0.1, 0.15) is 16.8 Å². The minimum absolute atomic E-state index is 0.0463. The molecule has 1 rings (SSSR count). The van der Waals surface area contributed by atoms with Crippen LogP contribution in [0.4, 0.5) is 10.5 Å². The van der Waals surface area contributed by atoms with Gasteiger partial charge in [-0.2, -0.15) is 5.26 Å². The van der Waals surface area contributed by atoms with Crippen molar-refractivity contribution < 1.29 is 14.7 Å². The Labute approximate surface area is 115 Å². The van der Waals surface area contributed by atoms with E-state index in [1.54, 1.807) is 6.07 Å². The SMILES string of the molecule is CN(CCC#N)C(=O)Nc1cccc(Cl)c1C(=O)O. The summed E-state index contributed by atoms with van der Waals surface area (Å²) in [7, 11) is 1.51. The van der Waals surface area contributed by atoms with Crippen LogP contribution in [0, 0.1) is 11.3 Å². The van der Waals surface area contributed by atoms with Crippen molar-refractivity contribution in [2.24, 2.45) is 0 Å². The van der Waals surface area contributed by atoms with E-state index in [1.165, 1.54) is 24.1 Å². The number of carboxylic acids is 1. The lowest BCUT2D eigenvalue weighted by atomic mass is 10.2. The molecule has 0 fully saturated rings. The minimum Gasteiger partial charge on any atom is -0.478 e. The molecule has 0 aromatic heterocycles. The lowest BCUT2D eigenvalue weighted by Crippen LogP contribution is -2.32. The first-order chi connectivity index (χ1) is 8.97. The number of hydrogen-bond donors (Lipinski definition) is 2. The number of nitrogens with one attached hydrogen (secondary N) is 1. The number of hydrogen-bond acceptors (Lipinski definition) is 3. The summed E-state index contributed by atoms with van der Waals surface area (Å²) >= 11 is 5.78. The number of nitrogens with zero attached hydrogens (tertiary/aromatic N) is 2. The number of nitriles is 1. The number of rotatable bonds is 4. The number of benzene rings is 1. The number of carbonyl (C=O) groups is 2. The molecular weight excluding hydrogens is 270 g/mol. The van der Waals surface area contributed by atoms with Gasteiger partial charge in [-0.05, 0) is 12.1 Å². The van der Waals surface area contributed by atoms with Gasteiger partial charge in [0.25, 0.3) is 0 Å². The first-order valence-electron chi connectivity index (χ1n) is 5.38. The normalized spacial score (nSPS) is 9.53. The number of anilines is 1. The Balaban J connectivity index is 2.89. The van der Waals surface area contributed by atoms with Gasteiger partial charge in [0, 0.05) is 13.6 Å². The van der Waals surface area contributed by atoms with Crippen LogP contribution in [-0.2, 0) is 0 Å². The van der Waals surface area contributed by atoms with Gasteiger partial charge in [0.15, 0.2) is 0 Å². The molecule has 100 valence electrons. The second kappa shape index (κ2) is 6.61. The van der Waals surface area contributed by atoms with E-state index in [0.29, 0.717) is 0 Å². The van der Waals surface area contributed by atoms with Gasteiger partial charge in [0.05, 0.1) is 23.2 Å². The van der Waals surface area contributed by atoms with Crippen molar-refractivity contribution in [1.29, 1.82) is 5.26 Å². The summed E-state index contributed by atoms with van der Waals surface area (Å²) in [6.07, 6.45) is 0.200. The van der Waals surface area contributed by atoms with Gasteiger partial charge in [-0.3, -0.25) is 0 Å². The summed E-state index contributed by atoms with van der Waals surface area (Å²) in [5.41, 5.74) is -0.0417. The van der Waals surface area contributed by atoms with Crippen molar-refractivity contribution in [2.75, 3.05) is 18.9 Å². The molecule has 0 radical (unpaired) electrons. The van der Waals surface area contributed by atoms with Gasteiger partial charge < -0.3 is 15.3 Å². The highest BCUT2D eigenvalue weighted by Gasteiger charge is 2.17. The van der Waals surface area contributed by atoms with Crippen LogP contribution in [-0.4, -0.2) is 35.6 Å². The van der Waals surface area contributed by atoms with E-state index in [2.05, 4.69) is 5.32 Å². The van der Waals surface area contributed by atoms with Gasteiger partial charge >= 0.3 is 12.0 Å². The Kier molecular flexibility index (Phi) is 5.15. The predicted octanol–water partition coefficient (Wildman–Crippen LogP) is 2.42. The molecule has 7 heteroatoms. The van der Waals surface area contributed by atoms with Crippen molar-refractivity contribution >= 4 is 29.3 Å². The van der Waals surface area contributed by atoms with E-state index in [1.807, 2.05) is 6.07 Å². The van der Waals surface area contributed by atoms with Gasteiger partial charge in [-0.25, -0.2) is 9.59 Å². The molecule has 0 saturated heterocycles. The molecule has 0 heterocycles. The molecule has 2 N–H and O–H groups in total. The third-order valence-electron chi connectivity index (χ3n) is 2.37. The van der Waals surface area contributed by atoms with Crippen molar-refractivity contribution in [3.05, 3.63) is 28.8 Å². The van der Waals surface area contributed by atoms with Crippen LogP contribution >= 0.6 is 11.6 Å². The van der Waals surface area contributed by atoms with Crippen LogP contribution in [0.5, 0.6) is 0 Å². The molecule has 0 spiro atoms. The molecule has 19 heavy (non-hydrogen) atoms. The third kappa shape index (κ3) is 3.86. The molecule has 6 nitrogen and oxygen atoms in total. The summed E-state index contributed by atoms with van der Waals surface area (Å²) in [6, 6.07) is 5.84. The molecule has 0 saturated carbocycles. The Bertz CT molecular complexity index is 540. The van der Waals surface area contributed by atoms with E-state index in [4.69, 9.17) is 22.0 Å². The monoisotopic (exact) mass is 281 g/mol. The number of halogens is 1. The van der Waals surface area contributed by atoms with Crippen LogP contribution < -0.4 is 5.32 Å². The smallest absolute Gasteiger partial charge is 0.339 e. The molecule has 1 aromatic carbocycles. The predicted molar refractivity (Wildman–Crippen MR) is 70.3 cm³/mol. The average Bonchev–Trinajstić information content (AvgIpc) is 2.35. The zero-order valence-corrected chi connectivity index (χ0v) is 10.9. The number of urea groups is 1. The van der Waals surface area contributed by atoms with Crippen molar-refractivity contribution in [3.63, 3.8) is 0 Å². The second-order valence-corrected chi connectivity index (χ2v) is 4.13. The maximum Gasteiger partial charge on any atom is 0.339 e. The fourth-order valence-corrected chi connectivity index (χ4v) is 1.63. The molecule has 0 unspecified atom stereocenters. The lowest BCUT2D eigenvalue weighted by Gasteiger charge is -2.17. The second-order valence-electron chi connectivity index (χ2n) is 3.73. The number of carbonyl (C=O) groups excluding carboxylic acids is 1. The zero-order valence-electron chi connectivity index (χ0n) is 10.2. The summed E-state index contributed by atoms with van der Waals surface area (Å²) in [4.78, 5) is 24.1. The average molecular weight is 282 g/mol.